The zero-order valence-electron chi connectivity index (χ0n) is 10.3. The lowest BCUT2D eigenvalue weighted by Gasteiger charge is -2.11. The summed E-state index contributed by atoms with van der Waals surface area (Å²) in [4.78, 5) is 4.01. The molecular formula is C13H13ClN2O3. The van der Waals surface area contributed by atoms with Gasteiger partial charge < -0.3 is 20.3 Å². The second kappa shape index (κ2) is 5.77. The Kier molecular flexibility index (Phi) is 4.09. The van der Waals surface area contributed by atoms with Crippen molar-refractivity contribution in [3.8, 4) is 17.4 Å². The van der Waals surface area contributed by atoms with Gasteiger partial charge in [0, 0.05) is 0 Å². The number of hydrogen-bond donors (Lipinski definition) is 2. The third-order valence-corrected chi connectivity index (χ3v) is 2.72. The molecule has 0 spiro atoms. The summed E-state index contributed by atoms with van der Waals surface area (Å²) in [7, 11) is 1.52. The van der Waals surface area contributed by atoms with E-state index in [0.29, 0.717) is 22.2 Å². The summed E-state index contributed by atoms with van der Waals surface area (Å²) >= 11 is 5.99. The number of aromatic nitrogens is 1. The highest BCUT2D eigenvalue weighted by Crippen LogP contribution is 2.34. The Balaban J connectivity index is 2.32. The molecule has 0 saturated heterocycles. The van der Waals surface area contributed by atoms with Crippen LogP contribution in [0.15, 0.2) is 30.5 Å². The molecule has 0 unspecified atom stereocenters. The molecule has 0 amide bonds. The maximum atomic E-state index is 9.07. The summed E-state index contributed by atoms with van der Waals surface area (Å²) in [5.41, 5.74) is 6.74. The van der Waals surface area contributed by atoms with Gasteiger partial charge in [0.2, 0.25) is 5.88 Å². The van der Waals surface area contributed by atoms with E-state index in [0.717, 1.165) is 5.56 Å². The molecule has 1 aromatic carbocycles. The van der Waals surface area contributed by atoms with Crippen molar-refractivity contribution in [3.63, 3.8) is 0 Å². The lowest BCUT2D eigenvalue weighted by Crippen LogP contribution is -1.95. The fourth-order valence-corrected chi connectivity index (χ4v) is 1.73. The average molecular weight is 281 g/mol. The summed E-state index contributed by atoms with van der Waals surface area (Å²) < 4.78 is 10.8. The molecule has 1 aromatic heterocycles. The number of rotatable bonds is 4. The average Bonchev–Trinajstić information content (AvgIpc) is 2.42. The van der Waals surface area contributed by atoms with Gasteiger partial charge in [-0.25, -0.2) is 4.98 Å². The molecule has 0 fully saturated rings. The van der Waals surface area contributed by atoms with E-state index in [-0.39, 0.29) is 12.5 Å². The molecule has 0 saturated carbocycles. The van der Waals surface area contributed by atoms with E-state index in [4.69, 9.17) is 31.9 Å². The SMILES string of the molecule is COc1cc(CO)ccc1Oc1ncc(N)cc1Cl. The number of anilines is 1. The number of aliphatic hydroxyl groups excluding tert-OH is 1. The minimum absolute atomic E-state index is 0.0719. The van der Waals surface area contributed by atoms with Gasteiger partial charge in [-0.05, 0) is 23.8 Å². The molecule has 100 valence electrons. The van der Waals surface area contributed by atoms with Crippen LogP contribution in [0.5, 0.6) is 17.4 Å². The molecule has 0 aliphatic rings. The third kappa shape index (κ3) is 3.07. The molecule has 2 rings (SSSR count). The monoisotopic (exact) mass is 280 g/mol. The van der Waals surface area contributed by atoms with Crippen molar-refractivity contribution in [1.82, 2.24) is 4.98 Å². The van der Waals surface area contributed by atoms with Crippen molar-refractivity contribution >= 4 is 17.3 Å². The van der Waals surface area contributed by atoms with E-state index in [9.17, 15) is 0 Å². The molecule has 6 heteroatoms. The van der Waals surface area contributed by atoms with E-state index in [1.165, 1.54) is 13.3 Å². The summed E-state index contributed by atoms with van der Waals surface area (Å²) in [6.45, 7) is -0.0719. The fourth-order valence-electron chi connectivity index (χ4n) is 1.51. The minimum atomic E-state index is -0.0719. The van der Waals surface area contributed by atoms with Gasteiger partial charge in [0.25, 0.3) is 0 Å². The molecule has 19 heavy (non-hydrogen) atoms. The van der Waals surface area contributed by atoms with Gasteiger partial charge in [0.15, 0.2) is 11.5 Å². The summed E-state index contributed by atoms with van der Waals surface area (Å²) in [5, 5.41) is 9.38. The molecular weight excluding hydrogens is 268 g/mol. The highest BCUT2D eigenvalue weighted by atomic mass is 35.5. The van der Waals surface area contributed by atoms with E-state index < -0.39 is 0 Å². The molecule has 3 N–H and O–H groups in total. The lowest BCUT2D eigenvalue weighted by atomic mass is 10.2. The van der Waals surface area contributed by atoms with Crippen molar-refractivity contribution in [3.05, 3.63) is 41.0 Å². The summed E-state index contributed by atoms with van der Waals surface area (Å²) in [6.07, 6.45) is 1.45. The van der Waals surface area contributed by atoms with Crippen LogP contribution in [0.4, 0.5) is 5.69 Å². The maximum Gasteiger partial charge on any atom is 0.238 e. The number of pyridine rings is 1. The van der Waals surface area contributed by atoms with Crippen LogP contribution in [-0.4, -0.2) is 17.2 Å². The van der Waals surface area contributed by atoms with E-state index in [2.05, 4.69) is 4.98 Å². The normalized spacial score (nSPS) is 10.3. The number of hydrogen-bond acceptors (Lipinski definition) is 5. The number of methoxy groups -OCH3 is 1. The number of nitrogens with zero attached hydrogens (tertiary/aromatic N) is 1. The molecule has 0 aliphatic heterocycles. The molecule has 0 radical (unpaired) electrons. The Hall–Kier alpha value is -1.98. The number of halogens is 1. The Morgan fingerprint density at radius 2 is 2.11 bits per heavy atom. The Morgan fingerprint density at radius 3 is 2.74 bits per heavy atom. The van der Waals surface area contributed by atoms with Crippen LogP contribution in [0, 0.1) is 0 Å². The first-order valence-corrected chi connectivity index (χ1v) is 5.88. The minimum Gasteiger partial charge on any atom is -0.493 e. The quantitative estimate of drug-likeness (QED) is 0.900. The van der Waals surface area contributed by atoms with Crippen molar-refractivity contribution in [2.75, 3.05) is 12.8 Å². The van der Waals surface area contributed by atoms with Crippen molar-refractivity contribution < 1.29 is 14.6 Å². The lowest BCUT2D eigenvalue weighted by molar-refractivity contribution is 0.280. The van der Waals surface area contributed by atoms with Crippen LogP contribution in [0.3, 0.4) is 0 Å². The first-order valence-electron chi connectivity index (χ1n) is 5.50. The van der Waals surface area contributed by atoms with Crippen LogP contribution < -0.4 is 15.2 Å². The van der Waals surface area contributed by atoms with Crippen LogP contribution in [0.2, 0.25) is 5.02 Å². The van der Waals surface area contributed by atoms with Crippen molar-refractivity contribution in [1.29, 1.82) is 0 Å². The van der Waals surface area contributed by atoms with Crippen molar-refractivity contribution in [2.45, 2.75) is 6.61 Å². The Bertz CT molecular complexity index is 590. The molecule has 2 aromatic rings. The highest BCUT2D eigenvalue weighted by molar-refractivity contribution is 6.32. The number of ether oxygens (including phenoxy) is 2. The van der Waals surface area contributed by atoms with E-state index in [1.807, 2.05) is 0 Å². The zero-order valence-corrected chi connectivity index (χ0v) is 11.0. The van der Waals surface area contributed by atoms with Gasteiger partial charge in [0.1, 0.15) is 5.02 Å². The summed E-state index contributed by atoms with van der Waals surface area (Å²) in [5.74, 6) is 1.19. The maximum absolute atomic E-state index is 9.07. The number of nitrogens with two attached hydrogens (primary N) is 1. The fraction of sp³-hybridized carbons (Fsp3) is 0.154. The van der Waals surface area contributed by atoms with Gasteiger partial charge in [0.05, 0.1) is 25.6 Å². The number of nitrogen functional groups attached to an aromatic ring is 1. The van der Waals surface area contributed by atoms with Crippen LogP contribution in [0.1, 0.15) is 5.56 Å². The second-order valence-corrected chi connectivity index (χ2v) is 4.21. The first kappa shape index (κ1) is 13.5. The number of aliphatic hydroxyl groups is 1. The third-order valence-electron chi connectivity index (χ3n) is 2.45. The standard InChI is InChI=1S/C13H13ClN2O3/c1-18-12-4-8(7-17)2-3-11(12)19-13-10(14)5-9(15)6-16-13/h2-6,17H,7,15H2,1H3. The van der Waals surface area contributed by atoms with Crippen molar-refractivity contribution in [2.24, 2.45) is 0 Å². The molecule has 1 heterocycles. The Labute approximate surface area is 115 Å². The first-order chi connectivity index (χ1) is 9.13. The predicted molar refractivity (Wildman–Crippen MR) is 72.7 cm³/mol. The molecule has 0 atom stereocenters. The Morgan fingerprint density at radius 1 is 1.32 bits per heavy atom. The predicted octanol–water partition coefficient (Wildman–Crippen LogP) is 2.61. The van der Waals surface area contributed by atoms with E-state index in [1.54, 1.807) is 24.3 Å². The van der Waals surface area contributed by atoms with Gasteiger partial charge in [-0.1, -0.05) is 17.7 Å². The van der Waals surface area contributed by atoms with Crippen LogP contribution in [-0.2, 0) is 6.61 Å². The molecule has 0 bridgehead atoms. The topological polar surface area (TPSA) is 77.6 Å². The number of benzene rings is 1. The smallest absolute Gasteiger partial charge is 0.238 e. The van der Waals surface area contributed by atoms with Crippen LogP contribution in [0.25, 0.3) is 0 Å². The summed E-state index contributed by atoms with van der Waals surface area (Å²) in [6, 6.07) is 6.64. The zero-order chi connectivity index (χ0) is 13.8. The van der Waals surface area contributed by atoms with Gasteiger partial charge in [-0.15, -0.1) is 0 Å². The van der Waals surface area contributed by atoms with Crippen LogP contribution >= 0.6 is 11.6 Å². The molecule has 0 aliphatic carbocycles. The van der Waals surface area contributed by atoms with E-state index >= 15 is 0 Å². The largest absolute Gasteiger partial charge is 0.493 e. The van der Waals surface area contributed by atoms with Gasteiger partial charge in [-0.2, -0.15) is 0 Å². The molecule has 5 nitrogen and oxygen atoms in total. The van der Waals surface area contributed by atoms with Gasteiger partial charge in [-0.3, -0.25) is 0 Å². The second-order valence-electron chi connectivity index (χ2n) is 3.80. The van der Waals surface area contributed by atoms with Gasteiger partial charge >= 0.3 is 0 Å². The highest BCUT2D eigenvalue weighted by Gasteiger charge is 2.10.